The molecule has 2 rings (SSSR count). The van der Waals surface area contributed by atoms with Crippen LogP contribution in [0.4, 0.5) is 0 Å². The lowest BCUT2D eigenvalue weighted by atomic mass is 10.1. The molecule has 3 heteroatoms. The molecule has 0 aliphatic carbocycles. The van der Waals surface area contributed by atoms with E-state index in [-0.39, 0.29) is 0 Å². The van der Waals surface area contributed by atoms with E-state index < -0.39 is 0 Å². The number of hydrogen-bond donors (Lipinski definition) is 1. The van der Waals surface area contributed by atoms with Crippen molar-refractivity contribution in [3.8, 4) is 0 Å². The molecule has 0 radical (unpaired) electrons. The lowest BCUT2D eigenvalue weighted by molar-refractivity contribution is 0.574. The average Bonchev–Trinajstić information content (AvgIpc) is 2.40. The van der Waals surface area contributed by atoms with Gasteiger partial charge >= 0.3 is 0 Å². The zero-order chi connectivity index (χ0) is 13.8. The van der Waals surface area contributed by atoms with Crippen LogP contribution in [0, 0.1) is 6.92 Å². The van der Waals surface area contributed by atoms with Crippen LogP contribution in [-0.2, 0) is 6.54 Å². The van der Waals surface area contributed by atoms with E-state index in [9.17, 15) is 0 Å². The van der Waals surface area contributed by atoms with Crippen molar-refractivity contribution >= 4 is 23.2 Å². The molecule has 0 amide bonds. The van der Waals surface area contributed by atoms with E-state index in [1.807, 2.05) is 18.2 Å². The summed E-state index contributed by atoms with van der Waals surface area (Å²) in [7, 11) is 0. The fourth-order valence-electron chi connectivity index (χ4n) is 1.89. The molecule has 0 heterocycles. The van der Waals surface area contributed by atoms with Gasteiger partial charge in [-0.25, -0.2) is 0 Å². The molecule has 1 N–H and O–H groups in total. The van der Waals surface area contributed by atoms with Gasteiger partial charge in [-0.2, -0.15) is 0 Å². The Morgan fingerprint density at radius 3 is 2.32 bits per heavy atom. The SMILES string of the molecule is Cc1ccc([C@H](C)NCc2ccc(Cl)c(Cl)c2)cc1. The molecule has 2 aromatic rings. The minimum Gasteiger partial charge on any atom is -0.306 e. The predicted octanol–water partition coefficient (Wildman–Crippen LogP) is 5.15. The normalized spacial score (nSPS) is 12.4. The van der Waals surface area contributed by atoms with Crippen LogP contribution in [0.2, 0.25) is 10.0 Å². The highest BCUT2D eigenvalue weighted by atomic mass is 35.5. The monoisotopic (exact) mass is 293 g/mol. The van der Waals surface area contributed by atoms with Crippen LogP contribution in [-0.4, -0.2) is 0 Å². The zero-order valence-electron chi connectivity index (χ0n) is 11.1. The zero-order valence-corrected chi connectivity index (χ0v) is 12.6. The van der Waals surface area contributed by atoms with Crippen molar-refractivity contribution in [2.75, 3.05) is 0 Å². The first kappa shape index (κ1) is 14.4. The maximum atomic E-state index is 6.00. The molecule has 0 bridgehead atoms. The van der Waals surface area contributed by atoms with Crippen LogP contribution < -0.4 is 5.32 Å². The van der Waals surface area contributed by atoms with Crippen molar-refractivity contribution in [1.29, 1.82) is 0 Å². The third-order valence-electron chi connectivity index (χ3n) is 3.17. The summed E-state index contributed by atoms with van der Waals surface area (Å²) in [4.78, 5) is 0. The lowest BCUT2D eigenvalue weighted by Gasteiger charge is -2.15. The molecule has 0 saturated carbocycles. The van der Waals surface area contributed by atoms with Gasteiger partial charge in [0.05, 0.1) is 10.0 Å². The first-order valence-electron chi connectivity index (χ1n) is 6.30. The van der Waals surface area contributed by atoms with Gasteiger partial charge < -0.3 is 5.32 Å². The number of rotatable bonds is 4. The molecule has 0 saturated heterocycles. The number of aryl methyl sites for hydroxylation is 1. The van der Waals surface area contributed by atoms with E-state index in [0.29, 0.717) is 16.1 Å². The Morgan fingerprint density at radius 1 is 1.00 bits per heavy atom. The number of nitrogens with one attached hydrogen (secondary N) is 1. The van der Waals surface area contributed by atoms with Gasteiger partial charge in [0.1, 0.15) is 0 Å². The minimum absolute atomic E-state index is 0.301. The highest BCUT2D eigenvalue weighted by molar-refractivity contribution is 6.42. The number of benzene rings is 2. The predicted molar refractivity (Wildman–Crippen MR) is 82.9 cm³/mol. The van der Waals surface area contributed by atoms with E-state index in [2.05, 4.69) is 43.4 Å². The van der Waals surface area contributed by atoms with Gasteiger partial charge in [0, 0.05) is 12.6 Å². The molecular weight excluding hydrogens is 277 g/mol. The van der Waals surface area contributed by atoms with E-state index in [0.717, 1.165) is 12.1 Å². The molecule has 1 atom stereocenters. The summed E-state index contributed by atoms with van der Waals surface area (Å²) in [5.74, 6) is 0. The first-order valence-corrected chi connectivity index (χ1v) is 7.06. The fourth-order valence-corrected chi connectivity index (χ4v) is 2.21. The first-order chi connectivity index (χ1) is 9.06. The Labute approximate surface area is 124 Å². The molecule has 0 fully saturated rings. The van der Waals surface area contributed by atoms with Crippen LogP contribution >= 0.6 is 23.2 Å². The highest BCUT2D eigenvalue weighted by Crippen LogP contribution is 2.23. The van der Waals surface area contributed by atoms with Gasteiger partial charge in [-0.05, 0) is 37.1 Å². The molecular formula is C16H17Cl2N. The largest absolute Gasteiger partial charge is 0.306 e. The van der Waals surface area contributed by atoms with Crippen LogP contribution in [0.15, 0.2) is 42.5 Å². The smallest absolute Gasteiger partial charge is 0.0595 e. The lowest BCUT2D eigenvalue weighted by Crippen LogP contribution is -2.18. The van der Waals surface area contributed by atoms with Gasteiger partial charge in [-0.3, -0.25) is 0 Å². The molecule has 0 aromatic heterocycles. The highest BCUT2D eigenvalue weighted by Gasteiger charge is 2.05. The van der Waals surface area contributed by atoms with Crippen LogP contribution in [0.3, 0.4) is 0 Å². The van der Waals surface area contributed by atoms with Crippen LogP contribution in [0.1, 0.15) is 29.7 Å². The Kier molecular flexibility index (Phi) is 4.87. The maximum absolute atomic E-state index is 6.00. The number of halogens is 2. The second-order valence-corrected chi connectivity index (χ2v) is 5.58. The Morgan fingerprint density at radius 2 is 1.68 bits per heavy atom. The third-order valence-corrected chi connectivity index (χ3v) is 3.91. The fraction of sp³-hybridized carbons (Fsp3) is 0.250. The summed E-state index contributed by atoms with van der Waals surface area (Å²) in [6, 6.07) is 14.6. The molecule has 1 nitrogen and oxygen atoms in total. The van der Waals surface area contributed by atoms with Crippen molar-refractivity contribution < 1.29 is 0 Å². The second kappa shape index (κ2) is 6.42. The minimum atomic E-state index is 0.301. The summed E-state index contributed by atoms with van der Waals surface area (Å²) >= 11 is 11.9. The van der Waals surface area contributed by atoms with Crippen molar-refractivity contribution in [1.82, 2.24) is 5.32 Å². The average molecular weight is 294 g/mol. The summed E-state index contributed by atoms with van der Waals surface area (Å²) in [5.41, 5.74) is 3.69. The molecule has 0 aliphatic heterocycles. The van der Waals surface area contributed by atoms with Crippen molar-refractivity contribution in [2.24, 2.45) is 0 Å². The van der Waals surface area contributed by atoms with Crippen molar-refractivity contribution in [3.63, 3.8) is 0 Å². The van der Waals surface area contributed by atoms with Gasteiger partial charge in [0.15, 0.2) is 0 Å². The van der Waals surface area contributed by atoms with Crippen molar-refractivity contribution in [3.05, 3.63) is 69.2 Å². The van der Waals surface area contributed by atoms with Gasteiger partial charge in [-0.1, -0.05) is 59.1 Å². The van der Waals surface area contributed by atoms with Crippen LogP contribution in [0.25, 0.3) is 0 Å². The maximum Gasteiger partial charge on any atom is 0.0595 e. The molecule has 2 aromatic carbocycles. The Hall–Kier alpha value is -1.02. The van der Waals surface area contributed by atoms with E-state index in [1.54, 1.807) is 0 Å². The molecule has 0 aliphatic rings. The van der Waals surface area contributed by atoms with E-state index in [1.165, 1.54) is 11.1 Å². The quantitative estimate of drug-likeness (QED) is 0.822. The second-order valence-electron chi connectivity index (χ2n) is 4.76. The topological polar surface area (TPSA) is 12.0 Å². The standard InChI is InChI=1S/C16H17Cl2N/c1-11-3-6-14(7-4-11)12(2)19-10-13-5-8-15(17)16(18)9-13/h3-9,12,19H,10H2,1-2H3/t12-/m0/s1. The molecule has 0 unspecified atom stereocenters. The van der Waals surface area contributed by atoms with Crippen LogP contribution in [0.5, 0.6) is 0 Å². The summed E-state index contributed by atoms with van der Waals surface area (Å²) < 4.78 is 0. The van der Waals surface area contributed by atoms with Gasteiger partial charge in [0.25, 0.3) is 0 Å². The van der Waals surface area contributed by atoms with Gasteiger partial charge in [-0.15, -0.1) is 0 Å². The van der Waals surface area contributed by atoms with Gasteiger partial charge in [0.2, 0.25) is 0 Å². The third kappa shape index (κ3) is 3.97. The molecule has 19 heavy (non-hydrogen) atoms. The summed E-state index contributed by atoms with van der Waals surface area (Å²) in [6.07, 6.45) is 0. The Balaban J connectivity index is 1.98. The Bertz CT molecular complexity index is 549. The molecule has 0 spiro atoms. The number of hydrogen-bond acceptors (Lipinski definition) is 1. The summed E-state index contributed by atoms with van der Waals surface area (Å²) in [6.45, 7) is 5.02. The summed E-state index contributed by atoms with van der Waals surface area (Å²) in [5, 5.41) is 4.67. The van der Waals surface area contributed by atoms with Crippen molar-refractivity contribution in [2.45, 2.75) is 26.4 Å². The van der Waals surface area contributed by atoms with E-state index >= 15 is 0 Å². The molecule has 100 valence electrons. The van der Waals surface area contributed by atoms with E-state index in [4.69, 9.17) is 23.2 Å².